The van der Waals surface area contributed by atoms with Crippen molar-refractivity contribution in [3.05, 3.63) is 45.9 Å². The van der Waals surface area contributed by atoms with Crippen LogP contribution >= 0.6 is 11.3 Å². The summed E-state index contributed by atoms with van der Waals surface area (Å²) in [6.45, 7) is 0. The quantitative estimate of drug-likeness (QED) is 0.901. The van der Waals surface area contributed by atoms with Crippen molar-refractivity contribution in [3.63, 3.8) is 0 Å². The van der Waals surface area contributed by atoms with Crippen LogP contribution in [0.3, 0.4) is 0 Å². The average Bonchev–Trinajstić information content (AvgIpc) is 2.85. The van der Waals surface area contributed by atoms with E-state index < -0.39 is 5.97 Å². The van der Waals surface area contributed by atoms with E-state index in [-0.39, 0.29) is 0 Å². The fourth-order valence-electron chi connectivity index (χ4n) is 1.68. The minimum absolute atomic E-state index is 0.337. The molecular formula is C13H13NO3S. The Morgan fingerprint density at radius 2 is 2.06 bits per heavy atom. The highest BCUT2D eigenvalue weighted by molar-refractivity contribution is 7.11. The topological polar surface area (TPSA) is 59.4 Å². The first-order valence-corrected chi connectivity index (χ1v) is 6.37. The molecule has 0 saturated heterocycles. The van der Waals surface area contributed by atoms with Crippen LogP contribution in [0.1, 0.15) is 20.9 Å². The lowest BCUT2D eigenvalue weighted by atomic mass is 10.1. The monoisotopic (exact) mass is 263 g/mol. The molecule has 0 atom stereocenters. The number of rotatable bonds is 5. The van der Waals surface area contributed by atoms with E-state index in [2.05, 4.69) is 4.98 Å². The second-order valence-electron chi connectivity index (χ2n) is 3.78. The van der Waals surface area contributed by atoms with Gasteiger partial charge in [-0.05, 0) is 30.5 Å². The van der Waals surface area contributed by atoms with E-state index in [9.17, 15) is 4.79 Å². The van der Waals surface area contributed by atoms with E-state index >= 15 is 0 Å². The van der Waals surface area contributed by atoms with Crippen molar-refractivity contribution in [2.24, 2.45) is 0 Å². The number of aromatic nitrogens is 1. The van der Waals surface area contributed by atoms with Gasteiger partial charge < -0.3 is 9.84 Å². The second-order valence-corrected chi connectivity index (χ2v) is 4.64. The van der Waals surface area contributed by atoms with Gasteiger partial charge in [0.25, 0.3) is 0 Å². The van der Waals surface area contributed by atoms with Gasteiger partial charge in [-0.25, -0.2) is 9.78 Å². The summed E-state index contributed by atoms with van der Waals surface area (Å²) >= 11 is 1.17. The Bertz CT molecular complexity index is 533. The molecule has 0 aliphatic rings. The zero-order valence-electron chi connectivity index (χ0n) is 9.92. The van der Waals surface area contributed by atoms with Crippen molar-refractivity contribution >= 4 is 17.3 Å². The number of carboxylic acid groups (broad SMARTS) is 1. The highest BCUT2D eigenvalue weighted by Crippen LogP contribution is 2.17. The standard InChI is InChI=1S/C13H13NO3S/c1-17-10-5-2-9(3-6-10)4-7-11-12(13(15)16)18-8-14-11/h2-3,5-6,8H,4,7H2,1H3,(H,15,16). The molecule has 1 aromatic heterocycles. The first-order valence-electron chi connectivity index (χ1n) is 5.49. The Balaban J connectivity index is 2.02. The van der Waals surface area contributed by atoms with Crippen LogP contribution in [0.15, 0.2) is 29.8 Å². The van der Waals surface area contributed by atoms with Gasteiger partial charge in [-0.2, -0.15) is 0 Å². The van der Waals surface area contributed by atoms with Crippen molar-refractivity contribution in [2.75, 3.05) is 7.11 Å². The lowest BCUT2D eigenvalue weighted by Crippen LogP contribution is -2.00. The molecule has 18 heavy (non-hydrogen) atoms. The second kappa shape index (κ2) is 5.64. The smallest absolute Gasteiger partial charge is 0.347 e. The van der Waals surface area contributed by atoms with Crippen LogP contribution in [0.5, 0.6) is 5.75 Å². The molecule has 0 radical (unpaired) electrons. The largest absolute Gasteiger partial charge is 0.497 e. The molecule has 1 heterocycles. The van der Waals surface area contributed by atoms with Crippen molar-refractivity contribution < 1.29 is 14.6 Å². The van der Waals surface area contributed by atoms with E-state index in [1.165, 1.54) is 11.3 Å². The summed E-state index contributed by atoms with van der Waals surface area (Å²) in [5.74, 6) is -0.0825. The van der Waals surface area contributed by atoms with Crippen LogP contribution in [0.2, 0.25) is 0 Å². The van der Waals surface area contributed by atoms with E-state index in [1.807, 2.05) is 24.3 Å². The number of aryl methyl sites for hydroxylation is 2. The van der Waals surface area contributed by atoms with E-state index in [1.54, 1.807) is 12.6 Å². The SMILES string of the molecule is COc1ccc(CCc2ncsc2C(=O)O)cc1. The molecule has 0 aliphatic heterocycles. The summed E-state index contributed by atoms with van der Waals surface area (Å²) in [7, 11) is 1.63. The van der Waals surface area contributed by atoms with Crippen LogP contribution in [0.4, 0.5) is 0 Å². The molecule has 0 saturated carbocycles. The van der Waals surface area contributed by atoms with E-state index in [0.717, 1.165) is 17.7 Å². The normalized spacial score (nSPS) is 10.3. The van der Waals surface area contributed by atoms with Gasteiger partial charge in [-0.3, -0.25) is 0 Å². The minimum atomic E-state index is -0.901. The maximum atomic E-state index is 10.9. The number of carbonyl (C=O) groups is 1. The van der Waals surface area contributed by atoms with Crippen LogP contribution < -0.4 is 4.74 Å². The predicted octanol–water partition coefficient (Wildman–Crippen LogP) is 2.64. The number of hydrogen-bond acceptors (Lipinski definition) is 4. The molecule has 1 N–H and O–H groups in total. The summed E-state index contributed by atoms with van der Waals surface area (Å²) in [5, 5.41) is 8.97. The number of benzene rings is 1. The first kappa shape index (κ1) is 12.6. The zero-order valence-corrected chi connectivity index (χ0v) is 10.7. The Hall–Kier alpha value is -1.88. The lowest BCUT2D eigenvalue weighted by Gasteiger charge is -2.03. The van der Waals surface area contributed by atoms with E-state index in [0.29, 0.717) is 17.0 Å². The molecule has 0 spiro atoms. The maximum absolute atomic E-state index is 10.9. The number of carboxylic acids is 1. The van der Waals surface area contributed by atoms with Crippen LogP contribution in [0.25, 0.3) is 0 Å². The van der Waals surface area contributed by atoms with Gasteiger partial charge in [0.1, 0.15) is 10.6 Å². The van der Waals surface area contributed by atoms with Crippen LogP contribution in [-0.2, 0) is 12.8 Å². The highest BCUT2D eigenvalue weighted by Gasteiger charge is 2.12. The number of nitrogens with zero attached hydrogens (tertiary/aromatic N) is 1. The minimum Gasteiger partial charge on any atom is -0.497 e. The van der Waals surface area contributed by atoms with Gasteiger partial charge in [-0.1, -0.05) is 12.1 Å². The molecular weight excluding hydrogens is 250 g/mol. The van der Waals surface area contributed by atoms with Crippen molar-refractivity contribution in [2.45, 2.75) is 12.8 Å². The van der Waals surface area contributed by atoms with Gasteiger partial charge in [0, 0.05) is 0 Å². The Kier molecular flexibility index (Phi) is 3.94. The lowest BCUT2D eigenvalue weighted by molar-refractivity contribution is 0.0700. The third-order valence-electron chi connectivity index (χ3n) is 2.64. The molecule has 4 nitrogen and oxygen atoms in total. The molecule has 0 bridgehead atoms. The van der Waals surface area contributed by atoms with Gasteiger partial charge >= 0.3 is 5.97 Å². The van der Waals surface area contributed by atoms with Crippen molar-refractivity contribution in [1.29, 1.82) is 0 Å². The molecule has 0 unspecified atom stereocenters. The molecule has 0 amide bonds. The molecule has 94 valence electrons. The van der Waals surface area contributed by atoms with Crippen molar-refractivity contribution in [3.8, 4) is 5.75 Å². The van der Waals surface area contributed by atoms with Gasteiger partial charge in [-0.15, -0.1) is 11.3 Å². The fourth-order valence-corrected chi connectivity index (χ4v) is 2.35. The number of ether oxygens (including phenoxy) is 1. The van der Waals surface area contributed by atoms with Crippen LogP contribution in [-0.4, -0.2) is 23.2 Å². The Morgan fingerprint density at radius 1 is 1.33 bits per heavy atom. The first-order chi connectivity index (χ1) is 8.70. The highest BCUT2D eigenvalue weighted by atomic mass is 32.1. The van der Waals surface area contributed by atoms with Crippen LogP contribution in [0, 0.1) is 0 Å². The van der Waals surface area contributed by atoms with Gasteiger partial charge in [0.05, 0.1) is 18.3 Å². The summed E-state index contributed by atoms with van der Waals surface area (Å²) in [6.07, 6.45) is 1.41. The molecule has 0 fully saturated rings. The molecule has 5 heteroatoms. The van der Waals surface area contributed by atoms with Gasteiger partial charge in [0.15, 0.2) is 0 Å². The number of aromatic carboxylic acids is 1. The number of hydrogen-bond donors (Lipinski definition) is 1. The fraction of sp³-hybridized carbons (Fsp3) is 0.231. The Labute approximate surface area is 109 Å². The summed E-state index contributed by atoms with van der Waals surface area (Å²) < 4.78 is 5.08. The Morgan fingerprint density at radius 3 is 2.67 bits per heavy atom. The van der Waals surface area contributed by atoms with Crippen molar-refractivity contribution in [1.82, 2.24) is 4.98 Å². The van der Waals surface area contributed by atoms with Gasteiger partial charge in [0.2, 0.25) is 0 Å². The third-order valence-corrected chi connectivity index (χ3v) is 3.50. The summed E-state index contributed by atoms with van der Waals surface area (Å²) in [5.41, 5.74) is 3.37. The average molecular weight is 263 g/mol. The zero-order chi connectivity index (χ0) is 13.0. The molecule has 1 aromatic carbocycles. The molecule has 2 rings (SSSR count). The summed E-state index contributed by atoms with van der Waals surface area (Å²) in [4.78, 5) is 15.4. The number of methoxy groups -OCH3 is 1. The number of thiazole rings is 1. The molecule has 0 aliphatic carbocycles. The third kappa shape index (κ3) is 2.87. The predicted molar refractivity (Wildman–Crippen MR) is 69.5 cm³/mol. The molecule has 2 aromatic rings. The maximum Gasteiger partial charge on any atom is 0.347 e. The van der Waals surface area contributed by atoms with E-state index in [4.69, 9.17) is 9.84 Å². The summed E-state index contributed by atoms with van der Waals surface area (Å²) in [6, 6.07) is 7.75.